The zero-order chi connectivity index (χ0) is 15.0. The maximum atomic E-state index is 11.6. The van der Waals surface area contributed by atoms with Crippen molar-refractivity contribution in [2.24, 2.45) is 5.73 Å². The number of carbonyl (C=O) groups excluding carboxylic acids is 1. The summed E-state index contributed by atoms with van der Waals surface area (Å²) in [5.74, 6) is 0.0673. The Morgan fingerprint density at radius 3 is 2.55 bits per heavy atom. The van der Waals surface area contributed by atoms with Gasteiger partial charge in [0.15, 0.2) is 0 Å². The second kappa shape index (κ2) is 8.02. The van der Waals surface area contributed by atoms with Crippen molar-refractivity contribution in [3.8, 4) is 0 Å². The van der Waals surface area contributed by atoms with E-state index in [-0.39, 0.29) is 17.5 Å². The molecule has 1 rings (SSSR count). The van der Waals surface area contributed by atoms with Crippen molar-refractivity contribution in [2.45, 2.75) is 45.2 Å². The van der Waals surface area contributed by atoms with Gasteiger partial charge in [-0.05, 0) is 39.3 Å². The fourth-order valence-corrected chi connectivity index (χ4v) is 2.13. The molecule has 20 heavy (non-hydrogen) atoms. The average molecular weight is 277 g/mol. The molecule has 4 heteroatoms. The monoisotopic (exact) mass is 277 g/mol. The molecule has 112 valence electrons. The zero-order valence-corrected chi connectivity index (χ0v) is 12.8. The van der Waals surface area contributed by atoms with Gasteiger partial charge in [-0.1, -0.05) is 30.3 Å². The van der Waals surface area contributed by atoms with Gasteiger partial charge in [0.25, 0.3) is 0 Å². The van der Waals surface area contributed by atoms with Gasteiger partial charge in [0.2, 0.25) is 5.91 Å². The largest absolute Gasteiger partial charge is 0.354 e. The lowest BCUT2D eigenvalue weighted by Crippen LogP contribution is -2.49. The lowest BCUT2D eigenvalue weighted by molar-refractivity contribution is -0.121. The molecule has 0 saturated heterocycles. The van der Waals surface area contributed by atoms with Crippen LogP contribution >= 0.6 is 0 Å². The van der Waals surface area contributed by atoms with E-state index in [1.165, 1.54) is 5.56 Å². The molecule has 0 radical (unpaired) electrons. The molecule has 1 amide bonds. The molecule has 4 nitrogen and oxygen atoms in total. The van der Waals surface area contributed by atoms with Gasteiger partial charge in [0.05, 0.1) is 0 Å². The Labute approximate surface area is 122 Å². The van der Waals surface area contributed by atoms with Crippen molar-refractivity contribution in [1.82, 2.24) is 10.6 Å². The van der Waals surface area contributed by atoms with Gasteiger partial charge in [-0.25, -0.2) is 0 Å². The average Bonchev–Trinajstić information content (AvgIpc) is 2.43. The summed E-state index contributed by atoms with van der Waals surface area (Å²) in [6, 6.07) is 10.5. The van der Waals surface area contributed by atoms with E-state index in [0.717, 1.165) is 6.42 Å². The van der Waals surface area contributed by atoms with E-state index in [0.29, 0.717) is 19.5 Å². The van der Waals surface area contributed by atoms with Crippen molar-refractivity contribution in [1.29, 1.82) is 0 Å². The van der Waals surface area contributed by atoms with Crippen LogP contribution in [0, 0.1) is 0 Å². The molecule has 0 aromatic heterocycles. The van der Waals surface area contributed by atoms with Crippen LogP contribution in [0.15, 0.2) is 30.3 Å². The van der Waals surface area contributed by atoms with Crippen LogP contribution < -0.4 is 16.4 Å². The quantitative estimate of drug-likeness (QED) is 0.680. The summed E-state index contributed by atoms with van der Waals surface area (Å²) in [6.45, 7) is 7.48. The first-order valence-electron chi connectivity index (χ1n) is 7.24. The number of nitrogens with one attached hydrogen (secondary N) is 2. The lowest BCUT2D eigenvalue weighted by atomic mass is 10.0. The SMILES string of the molecule is CC(NC(C)(C)CNC(=O)CCCN)c1ccccc1. The van der Waals surface area contributed by atoms with E-state index in [4.69, 9.17) is 5.73 Å². The second-order valence-corrected chi connectivity index (χ2v) is 5.83. The zero-order valence-electron chi connectivity index (χ0n) is 12.8. The van der Waals surface area contributed by atoms with Gasteiger partial charge < -0.3 is 16.4 Å². The first-order valence-corrected chi connectivity index (χ1v) is 7.24. The highest BCUT2D eigenvalue weighted by atomic mass is 16.1. The van der Waals surface area contributed by atoms with E-state index in [1.807, 2.05) is 18.2 Å². The maximum Gasteiger partial charge on any atom is 0.220 e. The number of nitrogens with two attached hydrogens (primary N) is 1. The molecule has 1 unspecified atom stereocenters. The number of benzene rings is 1. The smallest absolute Gasteiger partial charge is 0.220 e. The predicted molar refractivity (Wildman–Crippen MR) is 83.4 cm³/mol. The van der Waals surface area contributed by atoms with Gasteiger partial charge in [-0.2, -0.15) is 0 Å². The molecule has 4 N–H and O–H groups in total. The van der Waals surface area contributed by atoms with Crippen LogP contribution in [0.5, 0.6) is 0 Å². The number of hydrogen-bond acceptors (Lipinski definition) is 3. The topological polar surface area (TPSA) is 67.1 Å². The van der Waals surface area contributed by atoms with Crippen molar-refractivity contribution in [3.63, 3.8) is 0 Å². The molecule has 0 bridgehead atoms. The van der Waals surface area contributed by atoms with Gasteiger partial charge in [-0.3, -0.25) is 4.79 Å². The van der Waals surface area contributed by atoms with E-state index in [2.05, 4.69) is 43.5 Å². The number of amides is 1. The first-order chi connectivity index (χ1) is 9.44. The van der Waals surface area contributed by atoms with Crippen LogP contribution in [0.3, 0.4) is 0 Å². The minimum Gasteiger partial charge on any atom is -0.354 e. The number of carbonyl (C=O) groups is 1. The summed E-state index contributed by atoms with van der Waals surface area (Å²) in [5.41, 5.74) is 6.48. The van der Waals surface area contributed by atoms with E-state index < -0.39 is 0 Å². The molecule has 1 aromatic rings. The fraction of sp³-hybridized carbons (Fsp3) is 0.562. The van der Waals surface area contributed by atoms with E-state index >= 15 is 0 Å². The van der Waals surface area contributed by atoms with Crippen LogP contribution in [0.25, 0.3) is 0 Å². The molecule has 0 aliphatic carbocycles. The Kier molecular flexibility index (Phi) is 6.68. The first kappa shape index (κ1) is 16.7. The fourth-order valence-electron chi connectivity index (χ4n) is 2.13. The van der Waals surface area contributed by atoms with Crippen LogP contribution in [-0.2, 0) is 4.79 Å². The summed E-state index contributed by atoms with van der Waals surface area (Å²) in [4.78, 5) is 11.6. The molecule has 1 atom stereocenters. The Balaban J connectivity index is 2.42. The summed E-state index contributed by atoms with van der Waals surface area (Å²) in [7, 11) is 0. The summed E-state index contributed by atoms with van der Waals surface area (Å²) in [5, 5.41) is 6.50. The molecule has 0 saturated carbocycles. The third-order valence-electron chi connectivity index (χ3n) is 3.24. The molecular formula is C16H27N3O. The van der Waals surface area contributed by atoms with E-state index in [9.17, 15) is 4.79 Å². The number of hydrogen-bond donors (Lipinski definition) is 3. The van der Waals surface area contributed by atoms with Crippen molar-refractivity contribution in [2.75, 3.05) is 13.1 Å². The third-order valence-corrected chi connectivity index (χ3v) is 3.24. The summed E-state index contributed by atoms with van der Waals surface area (Å²) >= 11 is 0. The Bertz CT molecular complexity index is 403. The van der Waals surface area contributed by atoms with Gasteiger partial charge in [0.1, 0.15) is 0 Å². The van der Waals surface area contributed by atoms with Crippen molar-refractivity contribution in [3.05, 3.63) is 35.9 Å². The Hall–Kier alpha value is -1.39. The predicted octanol–water partition coefficient (Wildman–Crippen LogP) is 1.97. The molecule has 0 aliphatic rings. The van der Waals surface area contributed by atoms with Crippen LogP contribution in [0.1, 0.15) is 45.2 Å². The van der Waals surface area contributed by atoms with Crippen LogP contribution in [-0.4, -0.2) is 24.5 Å². The third kappa shape index (κ3) is 6.17. The van der Waals surface area contributed by atoms with Gasteiger partial charge in [-0.15, -0.1) is 0 Å². The molecule has 0 heterocycles. The van der Waals surface area contributed by atoms with Crippen molar-refractivity contribution >= 4 is 5.91 Å². The molecular weight excluding hydrogens is 250 g/mol. The van der Waals surface area contributed by atoms with Crippen LogP contribution in [0.4, 0.5) is 0 Å². The highest BCUT2D eigenvalue weighted by Crippen LogP contribution is 2.15. The molecule has 0 fully saturated rings. The molecule has 0 spiro atoms. The number of rotatable bonds is 8. The Morgan fingerprint density at radius 1 is 1.30 bits per heavy atom. The second-order valence-electron chi connectivity index (χ2n) is 5.83. The molecule has 0 aliphatic heterocycles. The summed E-state index contributed by atoms with van der Waals surface area (Å²) < 4.78 is 0. The Morgan fingerprint density at radius 2 is 1.95 bits per heavy atom. The van der Waals surface area contributed by atoms with Gasteiger partial charge in [0, 0.05) is 24.5 Å². The normalized spacial score (nSPS) is 13.0. The van der Waals surface area contributed by atoms with E-state index in [1.54, 1.807) is 0 Å². The van der Waals surface area contributed by atoms with Crippen LogP contribution in [0.2, 0.25) is 0 Å². The minimum atomic E-state index is -0.159. The maximum absolute atomic E-state index is 11.6. The summed E-state index contributed by atoms with van der Waals surface area (Å²) in [6.07, 6.45) is 1.24. The standard InChI is InChI=1S/C16H27N3O/c1-13(14-8-5-4-6-9-14)19-16(2,3)12-18-15(20)10-7-11-17/h4-6,8-9,13,19H,7,10-12,17H2,1-3H3,(H,18,20). The highest BCUT2D eigenvalue weighted by Gasteiger charge is 2.21. The minimum absolute atomic E-state index is 0.0673. The lowest BCUT2D eigenvalue weighted by Gasteiger charge is -2.31. The molecule has 1 aromatic carbocycles. The van der Waals surface area contributed by atoms with Crippen molar-refractivity contribution < 1.29 is 4.79 Å². The van der Waals surface area contributed by atoms with Gasteiger partial charge >= 0.3 is 0 Å². The highest BCUT2D eigenvalue weighted by molar-refractivity contribution is 5.75.